The number of aliphatic hydroxyl groups is 1. The monoisotopic (exact) mass is 303 g/mol. The molecule has 0 fully saturated rings. The minimum absolute atomic E-state index is 0.0632. The molecule has 0 bridgehead atoms. The molecule has 2 rings (SSSR count). The molecule has 1 amide bonds. The molecule has 120 valence electrons. The zero-order valence-electron chi connectivity index (χ0n) is 14.4. The topological polar surface area (TPSA) is 49.8 Å². The van der Waals surface area contributed by atoms with Gasteiger partial charge in [0, 0.05) is 0 Å². The Labute approximate surface area is 132 Å². The summed E-state index contributed by atoms with van der Waals surface area (Å²) >= 11 is 0. The number of hydrogen-bond acceptors (Lipinski definition) is 3. The number of carbonyl (C=O) groups excluding carboxylic acids is 1. The Morgan fingerprint density at radius 1 is 1.14 bits per heavy atom. The highest BCUT2D eigenvalue weighted by Gasteiger charge is 2.48. The molecule has 0 aliphatic carbocycles. The summed E-state index contributed by atoms with van der Waals surface area (Å²) in [7, 11) is 0. The Balaban J connectivity index is 2.61. The highest BCUT2D eigenvalue weighted by Crippen LogP contribution is 2.41. The quantitative estimate of drug-likeness (QED) is 0.923. The van der Waals surface area contributed by atoms with Crippen LogP contribution < -0.4 is 0 Å². The average Bonchev–Trinajstić information content (AvgIpc) is 2.51. The van der Waals surface area contributed by atoms with Crippen LogP contribution in [0, 0.1) is 20.8 Å². The van der Waals surface area contributed by atoms with E-state index in [4.69, 9.17) is 4.84 Å². The first-order valence-corrected chi connectivity index (χ1v) is 7.60. The Hall–Kier alpha value is -1.81. The highest BCUT2D eigenvalue weighted by molar-refractivity contribution is 6.23. The second-order valence-corrected chi connectivity index (χ2v) is 6.81. The third-order valence-electron chi connectivity index (χ3n) is 3.97. The summed E-state index contributed by atoms with van der Waals surface area (Å²) in [6, 6.07) is 4.05. The molecule has 1 aliphatic rings. The number of hydrogen-bond donors (Lipinski definition) is 1. The van der Waals surface area contributed by atoms with Crippen LogP contribution in [-0.2, 0) is 9.63 Å². The molecular formula is C18H25NO3. The Morgan fingerprint density at radius 2 is 1.64 bits per heavy atom. The van der Waals surface area contributed by atoms with Crippen LogP contribution >= 0.6 is 0 Å². The van der Waals surface area contributed by atoms with Gasteiger partial charge in [-0.25, -0.2) is 5.06 Å². The maximum atomic E-state index is 12.8. The molecule has 1 aliphatic heterocycles. The summed E-state index contributed by atoms with van der Waals surface area (Å²) in [6.45, 7) is 13.2. The van der Waals surface area contributed by atoms with Crippen LogP contribution in [0.1, 0.15) is 49.9 Å². The molecule has 0 atom stereocenters. The first-order valence-electron chi connectivity index (χ1n) is 7.60. The predicted octanol–water partition coefficient (Wildman–Crippen LogP) is 3.84. The number of benzene rings is 1. The van der Waals surface area contributed by atoms with E-state index in [9.17, 15) is 9.90 Å². The number of nitrogens with zero attached hydrogens (tertiary/aromatic N) is 1. The van der Waals surface area contributed by atoms with Gasteiger partial charge in [-0.15, -0.1) is 0 Å². The van der Waals surface area contributed by atoms with Crippen molar-refractivity contribution in [3.8, 4) is 0 Å². The molecule has 1 aromatic rings. The molecule has 22 heavy (non-hydrogen) atoms. The van der Waals surface area contributed by atoms with Crippen LogP contribution in [0.25, 0.3) is 5.57 Å². The molecular weight excluding hydrogens is 278 g/mol. The highest BCUT2D eigenvalue weighted by atomic mass is 16.7. The Morgan fingerprint density at radius 3 is 2.09 bits per heavy atom. The van der Waals surface area contributed by atoms with Crippen molar-refractivity contribution in [3.63, 3.8) is 0 Å². The van der Waals surface area contributed by atoms with E-state index < -0.39 is 5.54 Å². The van der Waals surface area contributed by atoms with Crippen molar-refractivity contribution in [1.82, 2.24) is 5.06 Å². The number of carbonyl (C=O) groups is 1. The van der Waals surface area contributed by atoms with Crippen molar-refractivity contribution in [3.05, 3.63) is 40.1 Å². The first kappa shape index (κ1) is 16.6. The second-order valence-electron chi connectivity index (χ2n) is 6.81. The minimum Gasteiger partial charge on any atom is -0.509 e. The summed E-state index contributed by atoms with van der Waals surface area (Å²) in [5, 5.41) is 12.0. The van der Waals surface area contributed by atoms with E-state index in [1.807, 2.05) is 46.8 Å². The van der Waals surface area contributed by atoms with Crippen LogP contribution in [0.4, 0.5) is 0 Å². The lowest BCUT2D eigenvalue weighted by Crippen LogP contribution is -2.44. The predicted molar refractivity (Wildman–Crippen MR) is 87.3 cm³/mol. The second kappa shape index (κ2) is 5.43. The molecule has 0 saturated carbocycles. The normalized spacial score (nSPS) is 17.8. The van der Waals surface area contributed by atoms with Gasteiger partial charge >= 0.3 is 0 Å². The maximum absolute atomic E-state index is 12.8. The lowest BCUT2D eigenvalue weighted by Gasteiger charge is -2.32. The molecule has 1 heterocycles. The third-order valence-corrected chi connectivity index (χ3v) is 3.97. The number of rotatable bonds is 3. The molecule has 0 spiro atoms. The van der Waals surface area contributed by atoms with Crippen molar-refractivity contribution in [2.45, 2.75) is 60.1 Å². The fraction of sp³-hybridized carbons (Fsp3) is 0.500. The molecule has 4 nitrogen and oxygen atoms in total. The first-order chi connectivity index (χ1) is 10.1. The smallest absolute Gasteiger partial charge is 0.282 e. The van der Waals surface area contributed by atoms with Gasteiger partial charge in [0.25, 0.3) is 5.91 Å². The van der Waals surface area contributed by atoms with Gasteiger partial charge in [0.1, 0.15) is 11.3 Å². The van der Waals surface area contributed by atoms with E-state index in [-0.39, 0.29) is 17.8 Å². The van der Waals surface area contributed by atoms with Gasteiger partial charge < -0.3 is 5.11 Å². The van der Waals surface area contributed by atoms with Crippen molar-refractivity contribution in [2.24, 2.45) is 0 Å². The Kier molecular flexibility index (Phi) is 4.09. The lowest BCUT2D eigenvalue weighted by atomic mass is 9.91. The lowest BCUT2D eigenvalue weighted by molar-refractivity contribution is -0.219. The summed E-state index contributed by atoms with van der Waals surface area (Å²) in [6.07, 6.45) is -0.143. The van der Waals surface area contributed by atoms with Crippen molar-refractivity contribution < 1.29 is 14.7 Å². The van der Waals surface area contributed by atoms with Crippen molar-refractivity contribution in [1.29, 1.82) is 0 Å². The van der Waals surface area contributed by atoms with Gasteiger partial charge in [0.15, 0.2) is 0 Å². The summed E-state index contributed by atoms with van der Waals surface area (Å²) < 4.78 is 0. The number of aliphatic hydroxyl groups excluding tert-OH is 1. The standard InChI is InChI=1S/C18H25NO3/c1-10(2)22-19-17(21)15(16(20)18(19,6)7)14-12(4)8-11(3)9-13(14)5/h8-10,20H,1-7H3. The van der Waals surface area contributed by atoms with E-state index in [0.29, 0.717) is 5.57 Å². The van der Waals surface area contributed by atoms with Crippen LogP contribution in [-0.4, -0.2) is 27.7 Å². The fourth-order valence-corrected chi connectivity index (χ4v) is 3.05. The third kappa shape index (κ3) is 2.52. The van der Waals surface area contributed by atoms with Crippen molar-refractivity contribution in [2.75, 3.05) is 0 Å². The van der Waals surface area contributed by atoms with E-state index in [0.717, 1.165) is 22.3 Å². The van der Waals surface area contributed by atoms with Crippen LogP contribution in [0.3, 0.4) is 0 Å². The van der Waals surface area contributed by atoms with Crippen LogP contribution in [0.15, 0.2) is 17.9 Å². The number of amides is 1. The molecule has 0 aromatic heterocycles. The van der Waals surface area contributed by atoms with Gasteiger partial charge in [-0.05, 0) is 65.2 Å². The van der Waals surface area contributed by atoms with Gasteiger partial charge in [0.2, 0.25) is 0 Å². The zero-order chi connectivity index (χ0) is 16.8. The maximum Gasteiger partial charge on any atom is 0.282 e. The zero-order valence-corrected chi connectivity index (χ0v) is 14.4. The van der Waals surface area contributed by atoms with Crippen molar-refractivity contribution >= 4 is 11.5 Å². The molecule has 4 heteroatoms. The summed E-state index contributed by atoms with van der Waals surface area (Å²) in [5.74, 6) is -0.223. The Bertz CT molecular complexity index is 633. The minimum atomic E-state index is -0.875. The molecule has 0 radical (unpaired) electrons. The van der Waals surface area contributed by atoms with Crippen LogP contribution in [0.5, 0.6) is 0 Å². The molecule has 1 aromatic carbocycles. The van der Waals surface area contributed by atoms with Gasteiger partial charge in [0.05, 0.1) is 11.7 Å². The molecule has 0 unspecified atom stereocenters. The van der Waals surface area contributed by atoms with Gasteiger partial charge in [-0.2, -0.15) is 0 Å². The fourth-order valence-electron chi connectivity index (χ4n) is 3.05. The summed E-state index contributed by atoms with van der Waals surface area (Å²) in [5.41, 5.74) is 3.38. The average molecular weight is 303 g/mol. The molecule has 0 saturated heterocycles. The number of hydroxylamine groups is 2. The van der Waals surface area contributed by atoms with Gasteiger partial charge in [-0.3, -0.25) is 9.63 Å². The van der Waals surface area contributed by atoms with Crippen LogP contribution in [0.2, 0.25) is 0 Å². The van der Waals surface area contributed by atoms with E-state index in [1.54, 1.807) is 13.8 Å². The molecule has 1 N–H and O–H groups in total. The van der Waals surface area contributed by atoms with E-state index in [2.05, 4.69) is 0 Å². The summed E-state index contributed by atoms with van der Waals surface area (Å²) in [4.78, 5) is 18.5. The van der Waals surface area contributed by atoms with E-state index >= 15 is 0 Å². The number of aryl methyl sites for hydroxylation is 3. The van der Waals surface area contributed by atoms with E-state index in [1.165, 1.54) is 5.06 Å². The van der Waals surface area contributed by atoms with Gasteiger partial charge in [-0.1, -0.05) is 17.7 Å². The largest absolute Gasteiger partial charge is 0.509 e. The SMILES string of the molecule is Cc1cc(C)c(C2=C(O)C(C)(C)N(OC(C)C)C2=O)c(C)c1.